The molecule has 0 saturated carbocycles. The average molecular weight is 237 g/mol. The van der Waals surface area contributed by atoms with Crippen molar-refractivity contribution in [2.75, 3.05) is 26.1 Å². The summed E-state index contributed by atoms with van der Waals surface area (Å²) in [6, 6.07) is 0. The number of rotatable bonds is 2. The van der Waals surface area contributed by atoms with E-state index in [-0.39, 0.29) is 17.3 Å². The minimum absolute atomic E-state index is 0.169. The highest BCUT2D eigenvalue weighted by Gasteiger charge is 2.24. The molecule has 2 heterocycles. The van der Waals surface area contributed by atoms with Gasteiger partial charge in [-0.25, -0.2) is 14.8 Å². The summed E-state index contributed by atoms with van der Waals surface area (Å²) in [5, 5.41) is 0. The van der Waals surface area contributed by atoms with Gasteiger partial charge in [0.25, 0.3) is 0 Å². The van der Waals surface area contributed by atoms with Gasteiger partial charge in [-0.3, -0.25) is 0 Å². The number of methoxy groups -OCH3 is 1. The molecular formula is C11H15N3O3. The number of anilines is 1. The molecule has 0 spiro atoms. The molecule has 1 aromatic heterocycles. The Labute approximate surface area is 99.1 Å². The number of aryl methyl sites for hydroxylation is 1. The Bertz CT molecular complexity index is 419. The van der Waals surface area contributed by atoms with Crippen LogP contribution in [0.4, 0.5) is 5.82 Å². The van der Waals surface area contributed by atoms with Crippen LogP contribution in [0.5, 0.6) is 0 Å². The fourth-order valence-electron chi connectivity index (χ4n) is 1.89. The zero-order chi connectivity index (χ0) is 12.4. The molecular weight excluding hydrogens is 222 g/mol. The van der Waals surface area contributed by atoms with Gasteiger partial charge < -0.3 is 15.2 Å². The van der Waals surface area contributed by atoms with Crippen LogP contribution in [0, 0.1) is 6.92 Å². The summed E-state index contributed by atoms with van der Waals surface area (Å²) in [6.07, 6.45) is 0.885. The Balaban J connectivity index is 2.37. The lowest BCUT2D eigenvalue weighted by molar-refractivity contribution is 0.0600. The van der Waals surface area contributed by atoms with Crippen LogP contribution < -0.4 is 5.73 Å². The molecule has 92 valence electrons. The number of nitrogens with zero attached hydrogens (tertiary/aromatic N) is 2. The maximum absolute atomic E-state index is 11.5. The van der Waals surface area contributed by atoms with Gasteiger partial charge >= 0.3 is 5.97 Å². The SMILES string of the molecule is COC(=O)c1c(C)nc(C2CCOC2)nc1N. The Morgan fingerprint density at radius 3 is 2.82 bits per heavy atom. The van der Waals surface area contributed by atoms with Crippen molar-refractivity contribution in [1.29, 1.82) is 0 Å². The maximum atomic E-state index is 11.5. The Morgan fingerprint density at radius 1 is 1.53 bits per heavy atom. The molecule has 1 unspecified atom stereocenters. The molecule has 0 radical (unpaired) electrons. The summed E-state index contributed by atoms with van der Waals surface area (Å²) >= 11 is 0. The van der Waals surface area contributed by atoms with Crippen LogP contribution in [0.25, 0.3) is 0 Å². The van der Waals surface area contributed by atoms with Gasteiger partial charge in [0, 0.05) is 12.5 Å². The van der Waals surface area contributed by atoms with Gasteiger partial charge in [0.15, 0.2) is 0 Å². The second kappa shape index (κ2) is 4.67. The number of hydrogen-bond donors (Lipinski definition) is 1. The first-order valence-electron chi connectivity index (χ1n) is 5.43. The minimum atomic E-state index is -0.505. The van der Waals surface area contributed by atoms with E-state index in [2.05, 4.69) is 14.7 Å². The first-order chi connectivity index (χ1) is 8.13. The molecule has 1 fully saturated rings. The van der Waals surface area contributed by atoms with Crippen molar-refractivity contribution in [3.63, 3.8) is 0 Å². The smallest absolute Gasteiger partial charge is 0.343 e. The van der Waals surface area contributed by atoms with Crippen LogP contribution in [0.15, 0.2) is 0 Å². The standard InChI is InChI=1S/C11H15N3O3/c1-6-8(11(15)16-2)9(12)14-10(13-6)7-3-4-17-5-7/h7H,3-5H2,1-2H3,(H2,12,13,14). The van der Waals surface area contributed by atoms with Crippen molar-refractivity contribution in [2.24, 2.45) is 0 Å². The third-order valence-electron chi connectivity index (χ3n) is 2.82. The molecule has 0 aromatic carbocycles. The number of ether oxygens (including phenoxy) is 2. The molecule has 0 aliphatic carbocycles. The molecule has 0 bridgehead atoms. The number of hydrogen-bond acceptors (Lipinski definition) is 6. The summed E-state index contributed by atoms with van der Waals surface area (Å²) in [5.41, 5.74) is 6.57. The topological polar surface area (TPSA) is 87.3 Å². The Kier molecular flexibility index (Phi) is 3.23. The van der Waals surface area contributed by atoms with Crippen molar-refractivity contribution < 1.29 is 14.3 Å². The van der Waals surface area contributed by atoms with Crippen molar-refractivity contribution in [3.8, 4) is 0 Å². The van der Waals surface area contributed by atoms with Gasteiger partial charge in [-0.2, -0.15) is 0 Å². The maximum Gasteiger partial charge on any atom is 0.343 e. The summed E-state index contributed by atoms with van der Waals surface area (Å²) in [7, 11) is 1.31. The van der Waals surface area contributed by atoms with Crippen LogP contribution in [0.3, 0.4) is 0 Å². The van der Waals surface area contributed by atoms with Gasteiger partial charge in [0.2, 0.25) is 0 Å². The molecule has 6 nitrogen and oxygen atoms in total. The summed E-state index contributed by atoms with van der Waals surface area (Å²) in [4.78, 5) is 20.0. The van der Waals surface area contributed by atoms with Crippen molar-refractivity contribution in [2.45, 2.75) is 19.3 Å². The first-order valence-corrected chi connectivity index (χ1v) is 5.43. The quantitative estimate of drug-likeness (QED) is 0.760. The lowest BCUT2D eigenvalue weighted by Crippen LogP contribution is -2.15. The van der Waals surface area contributed by atoms with E-state index in [0.717, 1.165) is 6.42 Å². The molecule has 0 amide bonds. The van der Waals surface area contributed by atoms with E-state index in [4.69, 9.17) is 10.5 Å². The van der Waals surface area contributed by atoms with Crippen LogP contribution in [-0.4, -0.2) is 36.3 Å². The van der Waals surface area contributed by atoms with Gasteiger partial charge in [-0.15, -0.1) is 0 Å². The fourth-order valence-corrected chi connectivity index (χ4v) is 1.89. The molecule has 1 atom stereocenters. The number of esters is 1. The van der Waals surface area contributed by atoms with Gasteiger partial charge in [0.1, 0.15) is 17.2 Å². The van der Waals surface area contributed by atoms with E-state index < -0.39 is 5.97 Å². The highest BCUT2D eigenvalue weighted by Crippen LogP contribution is 2.24. The van der Waals surface area contributed by atoms with Crippen LogP contribution in [0.2, 0.25) is 0 Å². The van der Waals surface area contributed by atoms with Crippen LogP contribution >= 0.6 is 0 Å². The van der Waals surface area contributed by atoms with E-state index in [0.29, 0.717) is 24.7 Å². The molecule has 1 aliphatic heterocycles. The van der Waals surface area contributed by atoms with Crippen molar-refractivity contribution >= 4 is 11.8 Å². The third kappa shape index (κ3) is 2.21. The zero-order valence-corrected chi connectivity index (χ0v) is 9.90. The Hall–Kier alpha value is -1.69. The van der Waals surface area contributed by atoms with Gasteiger partial charge in [0.05, 0.1) is 19.4 Å². The first kappa shape index (κ1) is 11.8. The highest BCUT2D eigenvalue weighted by atomic mass is 16.5. The highest BCUT2D eigenvalue weighted by molar-refractivity contribution is 5.95. The normalized spacial score (nSPS) is 19.3. The second-order valence-electron chi connectivity index (χ2n) is 3.98. The monoisotopic (exact) mass is 237 g/mol. The third-order valence-corrected chi connectivity index (χ3v) is 2.82. The zero-order valence-electron chi connectivity index (χ0n) is 9.90. The van der Waals surface area contributed by atoms with E-state index in [1.165, 1.54) is 7.11 Å². The molecule has 1 saturated heterocycles. The fraction of sp³-hybridized carbons (Fsp3) is 0.545. The van der Waals surface area contributed by atoms with E-state index in [9.17, 15) is 4.79 Å². The predicted molar refractivity (Wildman–Crippen MR) is 60.7 cm³/mol. The Morgan fingerprint density at radius 2 is 2.29 bits per heavy atom. The predicted octanol–water partition coefficient (Wildman–Crippen LogP) is 0.658. The van der Waals surface area contributed by atoms with Crippen molar-refractivity contribution in [1.82, 2.24) is 9.97 Å². The lowest BCUT2D eigenvalue weighted by Gasteiger charge is -2.11. The molecule has 1 aromatic rings. The number of nitrogens with two attached hydrogens (primary N) is 1. The molecule has 6 heteroatoms. The lowest BCUT2D eigenvalue weighted by atomic mass is 10.1. The largest absolute Gasteiger partial charge is 0.465 e. The van der Waals surface area contributed by atoms with Crippen LogP contribution in [-0.2, 0) is 9.47 Å². The van der Waals surface area contributed by atoms with Crippen molar-refractivity contribution in [3.05, 3.63) is 17.1 Å². The summed E-state index contributed by atoms with van der Waals surface area (Å²) in [5.74, 6) is 0.480. The minimum Gasteiger partial charge on any atom is -0.465 e. The van der Waals surface area contributed by atoms with Gasteiger partial charge in [-0.05, 0) is 13.3 Å². The summed E-state index contributed by atoms with van der Waals surface area (Å²) < 4.78 is 9.92. The van der Waals surface area contributed by atoms with E-state index in [1.807, 2.05) is 0 Å². The summed E-state index contributed by atoms with van der Waals surface area (Å²) in [6.45, 7) is 3.05. The molecule has 2 rings (SSSR count). The number of nitrogen functional groups attached to an aromatic ring is 1. The molecule has 2 N–H and O–H groups in total. The second-order valence-corrected chi connectivity index (χ2v) is 3.98. The van der Waals surface area contributed by atoms with Crippen LogP contribution in [0.1, 0.15) is 34.2 Å². The number of carbonyl (C=O) groups excluding carboxylic acids is 1. The molecule has 1 aliphatic rings. The molecule has 17 heavy (non-hydrogen) atoms. The van der Waals surface area contributed by atoms with E-state index in [1.54, 1.807) is 6.92 Å². The number of carbonyl (C=O) groups is 1. The van der Waals surface area contributed by atoms with E-state index >= 15 is 0 Å². The average Bonchev–Trinajstić information content (AvgIpc) is 2.81. The van der Waals surface area contributed by atoms with Gasteiger partial charge in [-0.1, -0.05) is 0 Å². The number of aromatic nitrogens is 2.